The minimum atomic E-state index is 0.845. The molecule has 1 fully saturated rings. The zero-order valence-electron chi connectivity index (χ0n) is 10.9. The van der Waals surface area contributed by atoms with E-state index in [1.54, 1.807) is 0 Å². The van der Waals surface area contributed by atoms with Crippen molar-refractivity contribution in [3.8, 4) is 0 Å². The molecule has 2 rings (SSSR count). The van der Waals surface area contributed by atoms with Crippen LogP contribution in [-0.4, -0.2) is 33.7 Å². The number of nitrogens with one attached hydrogen (secondary N) is 2. The van der Waals surface area contributed by atoms with Gasteiger partial charge in [-0.05, 0) is 44.5 Å². The minimum absolute atomic E-state index is 0.845. The fourth-order valence-electron chi connectivity index (χ4n) is 2.63. The topological polar surface area (TPSA) is 27.3 Å². The molecule has 3 nitrogen and oxygen atoms in total. The highest BCUT2D eigenvalue weighted by molar-refractivity contribution is 5.69. The van der Waals surface area contributed by atoms with Gasteiger partial charge in [-0.25, -0.2) is 0 Å². The Kier molecular flexibility index (Phi) is 4.26. The van der Waals surface area contributed by atoms with Gasteiger partial charge in [0.2, 0.25) is 0 Å². The molecule has 0 atom stereocenters. The maximum atomic E-state index is 3.28. The summed E-state index contributed by atoms with van der Waals surface area (Å²) in [5.41, 5.74) is 2.58. The molecule has 0 radical (unpaired) electrons. The van der Waals surface area contributed by atoms with Crippen molar-refractivity contribution in [2.24, 2.45) is 5.92 Å². The Morgan fingerprint density at radius 3 is 2.53 bits per heavy atom. The molecule has 1 aliphatic rings. The van der Waals surface area contributed by atoms with Crippen LogP contribution in [0.1, 0.15) is 12.8 Å². The summed E-state index contributed by atoms with van der Waals surface area (Å²) in [4.78, 5) is 2.50. The fraction of sp³-hybridized carbons (Fsp3) is 0.571. The largest absolute Gasteiger partial charge is 0.386 e. The number of anilines is 2. The molecule has 0 aliphatic carbocycles. The molecule has 0 unspecified atom stereocenters. The van der Waals surface area contributed by atoms with Gasteiger partial charge in [-0.15, -0.1) is 0 Å². The van der Waals surface area contributed by atoms with E-state index in [0.717, 1.165) is 12.5 Å². The van der Waals surface area contributed by atoms with Crippen molar-refractivity contribution in [1.29, 1.82) is 0 Å². The van der Waals surface area contributed by atoms with Crippen molar-refractivity contribution in [3.63, 3.8) is 0 Å². The van der Waals surface area contributed by atoms with Crippen LogP contribution in [0.4, 0.5) is 11.4 Å². The van der Waals surface area contributed by atoms with Crippen LogP contribution < -0.4 is 15.5 Å². The van der Waals surface area contributed by atoms with Crippen LogP contribution in [0.25, 0.3) is 0 Å². The lowest BCUT2D eigenvalue weighted by molar-refractivity contribution is 0.394. The van der Waals surface area contributed by atoms with Crippen LogP contribution in [0.15, 0.2) is 24.3 Å². The van der Waals surface area contributed by atoms with Gasteiger partial charge in [0.25, 0.3) is 0 Å². The zero-order valence-corrected chi connectivity index (χ0v) is 10.9. The van der Waals surface area contributed by atoms with Gasteiger partial charge in [0.15, 0.2) is 0 Å². The van der Waals surface area contributed by atoms with Crippen LogP contribution in [0.2, 0.25) is 0 Å². The number of nitrogens with zero attached hydrogens (tertiary/aromatic N) is 1. The molecule has 17 heavy (non-hydrogen) atoms. The van der Waals surface area contributed by atoms with Crippen LogP contribution >= 0.6 is 0 Å². The van der Waals surface area contributed by atoms with Gasteiger partial charge in [0.05, 0.1) is 11.4 Å². The van der Waals surface area contributed by atoms with Crippen molar-refractivity contribution in [2.45, 2.75) is 12.8 Å². The summed E-state index contributed by atoms with van der Waals surface area (Å²) in [6.45, 7) is 3.50. The number of benzene rings is 1. The first-order chi connectivity index (χ1) is 8.35. The summed E-state index contributed by atoms with van der Waals surface area (Å²) < 4.78 is 0. The van der Waals surface area contributed by atoms with E-state index in [0.29, 0.717) is 0 Å². The highest BCUT2D eigenvalue weighted by Crippen LogP contribution is 2.29. The highest BCUT2D eigenvalue weighted by Gasteiger charge is 2.19. The molecule has 0 amide bonds. The number of rotatable bonds is 4. The van der Waals surface area contributed by atoms with Gasteiger partial charge >= 0.3 is 0 Å². The molecule has 0 aromatic heterocycles. The Morgan fingerprint density at radius 2 is 1.88 bits per heavy atom. The zero-order chi connectivity index (χ0) is 12.1. The number of para-hydroxylation sites is 2. The molecule has 0 spiro atoms. The lowest BCUT2D eigenvalue weighted by Gasteiger charge is -2.34. The van der Waals surface area contributed by atoms with Crippen molar-refractivity contribution in [1.82, 2.24) is 5.32 Å². The van der Waals surface area contributed by atoms with Crippen LogP contribution in [-0.2, 0) is 0 Å². The molecule has 1 heterocycles. The van der Waals surface area contributed by atoms with Gasteiger partial charge in [-0.2, -0.15) is 0 Å². The predicted octanol–water partition coefficient (Wildman–Crippen LogP) is 2.16. The maximum absolute atomic E-state index is 3.28. The second-order valence-corrected chi connectivity index (χ2v) is 4.76. The van der Waals surface area contributed by atoms with E-state index in [-0.39, 0.29) is 0 Å². The van der Waals surface area contributed by atoms with Crippen molar-refractivity contribution >= 4 is 11.4 Å². The Hall–Kier alpha value is -1.22. The van der Waals surface area contributed by atoms with Gasteiger partial charge < -0.3 is 15.5 Å². The molecule has 1 saturated heterocycles. The third-order valence-corrected chi connectivity index (χ3v) is 3.62. The van der Waals surface area contributed by atoms with Crippen molar-refractivity contribution in [2.75, 3.05) is 43.9 Å². The van der Waals surface area contributed by atoms with E-state index in [4.69, 9.17) is 0 Å². The van der Waals surface area contributed by atoms with Gasteiger partial charge in [-0.1, -0.05) is 12.1 Å². The number of piperidine rings is 1. The number of hydrogen-bond acceptors (Lipinski definition) is 3. The Labute approximate surface area is 104 Å². The Bertz CT molecular complexity index is 343. The smallest absolute Gasteiger partial charge is 0.0601 e. The van der Waals surface area contributed by atoms with Gasteiger partial charge in [0, 0.05) is 20.1 Å². The Morgan fingerprint density at radius 1 is 1.18 bits per heavy atom. The first kappa shape index (κ1) is 12.2. The first-order valence-corrected chi connectivity index (χ1v) is 6.51. The van der Waals surface area contributed by atoms with Gasteiger partial charge in [-0.3, -0.25) is 0 Å². The summed E-state index contributed by atoms with van der Waals surface area (Å²) in [7, 11) is 4.04. The number of hydrogen-bond donors (Lipinski definition) is 2. The molecule has 0 bridgehead atoms. The molecule has 1 aromatic carbocycles. The van der Waals surface area contributed by atoms with Gasteiger partial charge in [0.1, 0.15) is 0 Å². The molecule has 94 valence electrons. The molecule has 3 heteroatoms. The summed E-state index contributed by atoms with van der Waals surface area (Å²) in [5, 5.41) is 6.56. The minimum Gasteiger partial charge on any atom is -0.386 e. The maximum Gasteiger partial charge on any atom is 0.0601 e. The molecule has 0 saturated carbocycles. The van der Waals surface area contributed by atoms with E-state index in [9.17, 15) is 0 Å². The Balaban J connectivity index is 2.00. The first-order valence-electron chi connectivity index (χ1n) is 6.51. The summed E-state index contributed by atoms with van der Waals surface area (Å²) in [5.74, 6) is 0.845. The third-order valence-electron chi connectivity index (χ3n) is 3.62. The monoisotopic (exact) mass is 233 g/mol. The highest BCUT2D eigenvalue weighted by atomic mass is 15.1. The quantitative estimate of drug-likeness (QED) is 0.834. The lowest BCUT2D eigenvalue weighted by atomic mass is 9.96. The SMILES string of the molecule is CNCC1CCN(c2ccccc2NC)CC1. The van der Waals surface area contributed by atoms with Crippen LogP contribution in [0, 0.1) is 5.92 Å². The normalized spacial score (nSPS) is 17.2. The van der Waals surface area contributed by atoms with E-state index in [1.165, 1.54) is 37.3 Å². The van der Waals surface area contributed by atoms with Crippen molar-refractivity contribution in [3.05, 3.63) is 24.3 Å². The molecule has 1 aliphatic heterocycles. The lowest BCUT2D eigenvalue weighted by Crippen LogP contribution is -2.36. The van der Waals surface area contributed by atoms with E-state index < -0.39 is 0 Å². The molecule has 1 aromatic rings. The third kappa shape index (κ3) is 2.91. The molecular weight excluding hydrogens is 210 g/mol. The predicted molar refractivity (Wildman–Crippen MR) is 74.9 cm³/mol. The second-order valence-electron chi connectivity index (χ2n) is 4.76. The average molecular weight is 233 g/mol. The van der Waals surface area contributed by atoms with E-state index in [1.807, 2.05) is 14.1 Å². The average Bonchev–Trinajstić information content (AvgIpc) is 2.40. The molecular formula is C14H23N3. The van der Waals surface area contributed by atoms with Crippen LogP contribution in [0.3, 0.4) is 0 Å². The standard InChI is InChI=1S/C14H23N3/c1-15-11-12-7-9-17(10-8-12)14-6-4-3-5-13(14)16-2/h3-6,12,15-16H,7-11H2,1-2H3. The second kappa shape index (κ2) is 5.92. The van der Waals surface area contributed by atoms with E-state index >= 15 is 0 Å². The molecule has 2 N–H and O–H groups in total. The van der Waals surface area contributed by atoms with Crippen molar-refractivity contribution < 1.29 is 0 Å². The van der Waals surface area contributed by atoms with E-state index in [2.05, 4.69) is 39.8 Å². The summed E-state index contributed by atoms with van der Waals surface area (Å²) in [6.07, 6.45) is 2.58. The summed E-state index contributed by atoms with van der Waals surface area (Å²) >= 11 is 0. The fourth-order valence-corrected chi connectivity index (χ4v) is 2.63. The van der Waals surface area contributed by atoms with Crippen LogP contribution in [0.5, 0.6) is 0 Å². The summed E-state index contributed by atoms with van der Waals surface area (Å²) in [6, 6.07) is 8.57.